The third-order valence-corrected chi connectivity index (χ3v) is 5.96. The van der Waals surface area contributed by atoms with Crippen LogP contribution in [0.2, 0.25) is 0 Å². The highest BCUT2D eigenvalue weighted by Crippen LogP contribution is 2.39. The van der Waals surface area contributed by atoms with Gasteiger partial charge in [0.15, 0.2) is 0 Å². The van der Waals surface area contributed by atoms with Crippen LogP contribution >= 0.6 is 0 Å². The van der Waals surface area contributed by atoms with Crippen molar-refractivity contribution in [3.8, 4) is 5.75 Å². The molecule has 2 aromatic carbocycles. The van der Waals surface area contributed by atoms with Gasteiger partial charge in [-0.1, -0.05) is 12.1 Å². The number of aryl methyl sites for hydroxylation is 1. The highest BCUT2D eigenvalue weighted by Gasteiger charge is 2.31. The minimum atomic E-state index is -4.75. The maximum Gasteiger partial charge on any atom is 0.573 e. The standard InChI is InChI=1S/C25H19F3N4O3/c1-31(15-6-8-16(9-7-15)35-25(26,27)28)21-5-3-4-18-22(30-32(2)23(18)21)14-12-19-17(24(33)34)10-11-29-20(19)13-14/h3-11,13H,12H2,1-2H3,(H,33,34). The van der Waals surface area contributed by atoms with Crippen LogP contribution in [-0.4, -0.2) is 39.3 Å². The number of fused-ring (bicyclic) bond motifs is 2. The predicted octanol–water partition coefficient (Wildman–Crippen LogP) is 5.43. The Hall–Kier alpha value is -4.34. The summed E-state index contributed by atoms with van der Waals surface area (Å²) < 4.78 is 43.2. The molecule has 1 aliphatic carbocycles. The van der Waals surface area contributed by atoms with Gasteiger partial charge < -0.3 is 14.7 Å². The molecule has 0 atom stereocenters. The van der Waals surface area contributed by atoms with Gasteiger partial charge in [-0.2, -0.15) is 5.10 Å². The number of pyridine rings is 1. The Morgan fingerprint density at radius 2 is 1.89 bits per heavy atom. The highest BCUT2D eigenvalue weighted by atomic mass is 19.4. The number of aromatic carboxylic acids is 1. The quantitative estimate of drug-likeness (QED) is 0.410. The number of carbonyl (C=O) groups is 1. The number of rotatable bonds is 5. The molecular weight excluding hydrogens is 461 g/mol. The number of aromatic nitrogens is 3. The third-order valence-electron chi connectivity index (χ3n) is 5.96. The second-order valence-corrected chi connectivity index (χ2v) is 8.12. The lowest BCUT2D eigenvalue weighted by atomic mass is 10.0. The molecule has 0 saturated heterocycles. The zero-order chi connectivity index (χ0) is 24.9. The van der Waals surface area contributed by atoms with E-state index in [0.717, 1.165) is 27.9 Å². The van der Waals surface area contributed by atoms with E-state index in [4.69, 9.17) is 5.10 Å². The molecule has 0 bridgehead atoms. The van der Waals surface area contributed by atoms with Gasteiger partial charge in [0.25, 0.3) is 0 Å². The number of nitrogens with zero attached hydrogens (tertiary/aromatic N) is 4. The highest BCUT2D eigenvalue weighted by molar-refractivity contribution is 6.04. The molecule has 35 heavy (non-hydrogen) atoms. The first-order chi connectivity index (χ1) is 16.6. The van der Waals surface area contributed by atoms with Crippen molar-refractivity contribution in [1.29, 1.82) is 0 Å². The van der Waals surface area contributed by atoms with Crippen LogP contribution < -0.4 is 9.64 Å². The molecule has 0 spiro atoms. The smallest absolute Gasteiger partial charge is 0.478 e. The number of para-hydroxylation sites is 1. The molecule has 1 aliphatic rings. The van der Waals surface area contributed by atoms with Crippen molar-refractivity contribution in [2.75, 3.05) is 11.9 Å². The van der Waals surface area contributed by atoms with E-state index in [1.54, 1.807) is 16.8 Å². The first kappa shape index (κ1) is 22.5. The summed E-state index contributed by atoms with van der Waals surface area (Å²) in [6.45, 7) is 0. The van der Waals surface area contributed by atoms with Crippen molar-refractivity contribution < 1.29 is 27.8 Å². The van der Waals surface area contributed by atoms with Gasteiger partial charge in [-0.05, 0) is 53.6 Å². The van der Waals surface area contributed by atoms with E-state index in [0.29, 0.717) is 23.4 Å². The number of ether oxygens (including phenoxy) is 1. The third kappa shape index (κ3) is 4.07. The van der Waals surface area contributed by atoms with Crippen molar-refractivity contribution in [2.24, 2.45) is 7.05 Å². The van der Waals surface area contributed by atoms with E-state index < -0.39 is 12.3 Å². The summed E-state index contributed by atoms with van der Waals surface area (Å²) in [6.07, 6.45) is -1.01. The van der Waals surface area contributed by atoms with E-state index in [-0.39, 0.29) is 11.3 Å². The second kappa shape index (κ2) is 8.15. The summed E-state index contributed by atoms with van der Waals surface area (Å²) in [6, 6.07) is 12.8. The van der Waals surface area contributed by atoms with Gasteiger partial charge in [-0.15, -0.1) is 13.2 Å². The van der Waals surface area contributed by atoms with Crippen LogP contribution in [0.15, 0.2) is 54.7 Å². The van der Waals surface area contributed by atoms with E-state index in [9.17, 15) is 23.1 Å². The maximum absolute atomic E-state index is 12.5. The Morgan fingerprint density at radius 1 is 1.14 bits per heavy atom. The van der Waals surface area contributed by atoms with Crippen LogP contribution in [-0.2, 0) is 13.5 Å². The molecule has 10 heteroatoms. The molecule has 1 N–H and O–H groups in total. The van der Waals surface area contributed by atoms with Gasteiger partial charge in [0.1, 0.15) is 5.75 Å². The number of hydrogen-bond donors (Lipinski definition) is 1. The fraction of sp³-hybridized carbons (Fsp3) is 0.160. The predicted molar refractivity (Wildman–Crippen MR) is 125 cm³/mol. The molecule has 0 fully saturated rings. The summed E-state index contributed by atoms with van der Waals surface area (Å²) in [5.74, 6) is -1.29. The lowest BCUT2D eigenvalue weighted by Crippen LogP contribution is -2.17. The minimum Gasteiger partial charge on any atom is -0.478 e. The van der Waals surface area contributed by atoms with Crippen LogP contribution in [0.25, 0.3) is 22.6 Å². The summed E-state index contributed by atoms with van der Waals surface area (Å²) >= 11 is 0. The van der Waals surface area contributed by atoms with E-state index in [1.165, 1.54) is 24.4 Å². The summed E-state index contributed by atoms with van der Waals surface area (Å²) in [5, 5.41) is 15.1. The molecule has 0 unspecified atom stereocenters. The van der Waals surface area contributed by atoms with E-state index in [2.05, 4.69) is 9.72 Å². The number of carboxylic acid groups (broad SMARTS) is 1. The van der Waals surface area contributed by atoms with Gasteiger partial charge >= 0.3 is 12.3 Å². The van der Waals surface area contributed by atoms with Crippen LogP contribution in [0.5, 0.6) is 5.75 Å². The molecule has 0 aliphatic heterocycles. The Bertz CT molecular complexity index is 1490. The average molecular weight is 480 g/mol. The van der Waals surface area contributed by atoms with Gasteiger partial charge in [0.2, 0.25) is 0 Å². The SMILES string of the molecule is CN(c1ccc(OC(F)(F)F)cc1)c1cccc2c(C3=Cc4nccc(C(=O)O)c4C3)nn(C)c12. The summed E-state index contributed by atoms with van der Waals surface area (Å²) in [5.41, 5.74) is 5.37. The average Bonchev–Trinajstić information content (AvgIpc) is 3.39. The normalized spacial score (nSPS) is 13.0. The van der Waals surface area contributed by atoms with E-state index in [1.807, 2.05) is 43.3 Å². The van der Waals surface area contributed by atoms with Crippen molar-refractivity contribution in [2.45, 2.75) is 12.8 Å². The van der Waals surface area contributed by atoms with Crippen LogP contribution in [0, 0.1) is 0 Å². The number of anilines is 2. The molecular formula is C25H19F3N4O3. The van der Waals surface area contributed by atoms with Crippen molar-refractivity contribution in [3.05, 3.63) is 77.2 Å². The van der Waals surface area contributed by atoms with Gasteiger partial charge in [0, 0.05) is 37.8 Å². The lowest BCUT2D eigenvalue weighted by molar-refractivity contribution is -0.274. The van der Waals surface area contributed by atoms with Crippen LogP contribution in [0.3, 0.4) is 0 Å². The molecule has 178 valence electrons. The fourth-order valence-electron chi connectivity index (χ4n) is 4.41. The van der Waals surface area contributed by atoms with Gasteiger partial charge in [0.05, 0.1) is 28.2 Å². The zero-order valence-corrected chi connectivity index (χ0v) is 18.7. The van der Waals surface area contributed by atoms with Gasteiger partial charge in [-0.25, -0.2) is 4.79 Å². The molecule has 5 rings (SSSR count). The molecule has 7 nitrogen and oxygen atoms in total. The summed E-state index contributed by atoms with van der Waals surface area (Å²) in [7, 11) is 3.63. The zero-order valence-electron chi connectivity index (χ0n) is 18.7. The summed E-state index contributed by atoms with van der Waals surface area (Å²) in [4.78, 5) is 17.8. The number of carboxylic acids is 1. The first-order valence-electron chi connectivity index (χ1n) is 10.6. The lowest BCUT2D eigenvalue weighted by Gasteiger charge is -2.21. The largest absolute Gasteiger partial charge is 0.573 e. The van der Waals surface area contributed by atoms with Crippen molar-refractivity contribution in [3.63, 3.8) is 0 Å². The molecule has 0 radical (unpaired) electrons. The molecule has 4 aromatic rings. The Labute approximate surface area is 197 Å². The van der Waals surface area contributed by atoms with Gasteiger partial charge in [-0.3, -0.25) is 9.67 Å². The Morgan fingerprint density at radius 3 is 2.57 bits per heavy atom. The maximum atomic E-state index is 12.5. The molecule has 2 heterocycles. The monoisotopic (exact) mass is 480 g/mol. The molecule has 0 amide bonds. The Balaban J connectivity index is 1.51. The van der Waals surface area contributed by atoms with Crippen molar-refractivity contribution in [1.82, 2.24) is 14.8 Å². The number of hydrogen-bond acceptors (Lipinski definition) is 5. The fourth-order valence-corrected chi connectivity index (χ4v) is 4.41. The van der Waals surface area contributed by atoms with Crippen LogP contribution in [0.4, 0.5) is 24.5 Å². The molecule has 0 saturated carbocycles. The molecule has 2 aromatic heterocycles. The number of halogens is 3. The Kier molecular flexibility index (Phi) is 5.23. The topological polar surface area (TPSA) is 80.5 Å². The van der Waals surface area contributed by atoms with Crippen LogP contribution in [0.1, 0.15) is 27.3 Å². The van der Waals surface area contributed by atoms with Crippen molar-refractivity contribution >= 4 is 39.9 Å². The minimum absolute atomic E-state index is 0.222. The number of allylic oxidation sites excluding steroid dienone is 1. The first-order valence-corrected chi connectivity index (χ1v) is 10.6. The second-order valence-electron chi connectivity index (χ2n) is 8.12. The van der Waals surface area contributed by atoms with E-state index >= 15 is 0 Å². The number of alkyl halides is 3. The number of benzene rings is 2.